The zero-order valence-electron chi connectivity index (χ0n) is 11.2. The van der Waals surface area contributed by atoms with E-state index >= 15 is 0 Å². The number of nitrogens with one attached hydrogen (secondary N) is 1. The Morgan fingerprint density at radius 3 is 2.67 bits per heavy atom. The van der Waals surface area contributed by atoms with E-state index < -0.39 is 0 Å². The fraction of sp³-hybridized carbons (Fsp3) is 0.667. The lowest BCUT2D eigenvalue weighted by Crippen LogP contribution is -2.44. The van der Waals surface area contributed by atoms with Crippen molar-refractivity contribution >= 4 is 28.8 Å². The lowest BCUT2D eigenvalue weighted by molar-refractivity contribution is -0.131. The van der Waals surface area contributed by atoms with Gasteiger partial charge in [-0.15, -0.1) is 11.3 Å². The molecule has 1 rings (SSSR count). The van der Waals surface area contributed by atoms with Crippen LogP contribution in [-0.4, -0.2) is 35.9 Å². The number of amides is 1. The second-order valence-electron chi connectivity index (χ2n) is 4.85. The van der Waals surface area contributed by atoms with Gasteiger partial charge in [0.15, 0.2) is 0 Å². The quantitative estimate of drug-likeness (QED) is 0.875. The normalized spacial score (nSPS) is 12.8. The van der Waals surface area contributed by atoms with E-state index in [1.807, 2.05) is 0 Å². The van der Waals surface area contributed by atoms with Crippen molar-refractivity contribution in [2.75, 3.05) is 14.1 Å². The number of carbonyl (C=O) groups excluding carboxylic acids is 1. The molecule has 0 spiro atoms. The lowest BCUT2D eigenvalue weighted by atomic mass is 10.0. The standard InChI is InChI=1S/C12H20ClN3OS/c1-8(2)5-9(12(17)16(3)4)14-7-11-15-6-10(13)18-11/h6,8-9,14H,5,7H2,1-4H3. The minimum Gasteiger partial charge on any atom is -0.347 e. The molecule has 1 heterocycles. The van der Waals surface area contributed by atoms with E-state index in [0.717, 1.165) is 11.4 Å². The van der Waals surface area contributed by atoms with Crippen LogP contribution in [0.5, 0.6) is 0 Å². The van der Waals surface area contributed by atoms with E-state index in [9.17, 15) is 4.79 Å². The van der Waals surface area contributed by atoms with Crippen molar-refractivity contribution < 1.29 is 4.79 Å². The molecule has 1 aromatic rings. The molecule has 18 heavy (non-hydrogen) atoms. The number of halogens is 1. The zero-order valence-corrected chi connectivity index (χ0v) is 12.8. The maximum absolute atomic E-state index is 12.0. The SMILES string of the molecule is CC(C)CC(NCc1ncc(Cl)s1)C(=O)N(C)C. The average molecular weight is 290 g/mol. The highest BCUT2D eigenvalue weighted by molar-refractivity contribution is 7.15. The number of rotatable bonds is 6. The molecular formula is C12H20ClN3OS. The van der Waals surface area contributed by atoms with Crippen molar-refractivity contribution in [3.05, 3.63) is 15.5 Å². The Bertz CT molecular complexity index is 392. The maximum atomic E-state index is 12.0. The van der Waals surface area contributed by atoms with Gasteiger partial charge >= 0.3 is 0 Å². The summed E-state index contributed by atoms with van der Waals surface area (Å²) in [5.74, 6) is 0.567. The summed E-state index contributed by atoms with van der Waals surface area (Å²) < 4.78 is 0.672. The Morgan fingerprint density at radius 2 is 2.22 bits per heavy atom. The van der Waals surface area contributed by atoms with E-state index in [-0.39, 0.29) is 11.9 Å². The molecule has 0 radical (unpaired) electrons. The third-order valence-electron chi connectivity index (χ3n) is 2.47. The van der Waals surface area contributed by atoms with Crippen molar-refractivity contribution in [1.29, 1.82) is 0 Å². The average Bonchev–Trinajstić information content (AvgIpc) is 2.68. The summed E-state index contributed by atoms with van der Waals surface area (Å²) in [5.41, 5.74) is 0. The van der Waals surface area contributed by atoms with Gasteiger partial charge in [-0.1, -0.05) is 25.4 Å². The van der Waals surface area contributed by atoms with Gasteiger partial charge in [-0.05, 0) is 12.3 Å². The number of aromatic nitrogens is 1. The van der Waals surface area contributed by atoms with E-state index in [4.69, 9.17) is 11.6 Å². The largest absolute Gasteiger partial charge is 0.347 e. The van der Waals surface area contributed by atoms with Crippen LogP contribution in [0, 0.1) is 5.92 Å². The fourth-order valence-electron chi connectivity index (χ4n) is 1.63. The smallest absolute Gasteiger partial charge is 0.239 e. The maximum Gasteiger partial charge on any atom is 0.239 e. The molecule has 6 heteroatoms. The molecule has 4 nitrogen and oxygen atoms in total. The molecule has 0 aliphatic carbocycles. The lowest BCUT2D eigenvalue weighted by Gasteiger charge is -2.22. The number of carbonyl (C=O) groups is 1. The van der Waals surface area contributed by atoms with Gasteiger partial charge in [0.05, 0.1) is 12.2 Å². The van der Waals surface area contributed by atoms with Gasteiger partial charge in [0, 0.05) is 20.6 Å². The van der Waals surface area contributed by atoms with Gasteiger partial charge in [-0.25, -0.2) is 4.98 Å². The molecule has 1 amide bonds. The van der Waals surface area contributed by atoms with E-state index in [2.05, 4.69) is 24.1 Å². The third-order valence-corrected chi connectivity index (χ3v) is 3.59. The fourth-order valence-corrected chi connectivity index (χ4v) is 2.54. The van der Waals surface area contributed by atoms with E-state index in [0.29, 0.717) is 16.8 Å². The Hall–Kier alpha value is -0.650. The summed E-state index contributed by atoms with van der Waals surface area (Å²) in [6, 6.07) is -0.164. The number of hydrogen-bond donors (Lipinski definition) is 1. The van der Waals surface area contributed by atoms with Crippen LogP contribution in [0.25, 0.3) is 0 Å². The monoisotopic (exact) mass is 289 g/mol. The molecule has 0 saturated carbocycles. The van der Waals surface area contributed by atoms with Gasteiger partial charge in [-0.2, -0.15) is 0 Å². The summed E-state index contributed by atoms with van der Waals surface area (Å²) >= 11 is 7.26. The minimum atomic E-state index is -0.164. The summed E-state index contributed by atoms with van der Waals surface area (Å²) in [6.07, 6.45) is 2.45. The van der Waals surface area contributed by atoms with Crippen molar-refractivity contribution in [2.45, 2.75) is 32.9 Å². The Balaban J connectivity index is 2.58. The van der Waals surface area contributed by atoms with Gasteiger partial charge < -0.3 is 4.90 Å². The second kappa shape index (κ2) is 7.07. The van der Waals surface area contributed by atoms with Crippen molar-refractivity contribution in [3.8, 4) is 0 Å². The minimum absolute atomic E-state index is 0.103. The molecule has 0 aliphatic heterocycles. The summed E-state index contributed by atoms with van der Waals surface area (Å²) in [7, 11) is 3.55. The number of thiazole rings is 1. The first-order valence-electron chi connectivity index (χ1n) is 5.95. The molecule has 1 unspecified atom stereocenters. The molecule has 0 bridgehead atoms. The van der Waals surface area contributed by atoms with Crippen LogP contribution >= 0.6 is 22.9 Å². The molecule has 0 aliphatic rings. The molecule has 1 atom stereocenters. The van der Waals surface area contributed by atoms with Crippen LogP contribution in [0.4, 0.5) is 0 Å². The summed E-state index contributed by atoms with van der Waals surface area (Å²) in [5, 5.41) is 4.16. The predicted molar refractivity (Wildman–Crippen MR) is 75.9 cm³/mol. The van der Waals surface area contributed by atoms with E-state index in [1.54, 1.807) is 25.2 Å². The van der Waals surface area contributed by atoms with Gasteiger partial charge in [0.1, 0.15) is 9.34 Å². The Morgan fingerprint density at radius 1 is 1.56 bits per heavy atom. The molecule has 0 aromatic carbocycles. The van der Waals surface area contributed by atoms with Crippen LogP contribution in [-0.2, 0) is 11.3 Å². The first-order chi connectivity index (χ1) is 8.40. The van der Waals surface area contributed by atoms with Crippen LogP contribution < -0.4 is 5.32 Å². The molecule has 0 fully saturated rings. The second-order valence-corrected chi connectivity index (χ2v) is 6.60. The van der Waals surface area contributed by atoms with Gasteiger partial charge in [-0.3, -0.25) is 10.1 Å². The molecule has 1 aromatic heterocycles. The molecule has 102 valence electrons. The number of hydrogen-bond acceptors (Lipinski definition) is 4. The van der Waals surface area contributed by atoms with Gasteiger partial charge in [0.2, 0.25) is 5.91 Å². The van der Waals surface area contributed by atoms with Crippen LogP contribution in [0.2, 0.25) is 4.34 Å². The molecule has 0 saturated heterocycles. The van der Waals surface area contributed by atoms with Crippen LogP contribution in [0.1, 0.15) is 25.3 Å². The molecule has 1 N–H and O–H groups in total. The number of likely N-dealkylation sites (N-methyl/N-ethyl adjacent to an activating group) is 1. The van der Waals surface area contributed by atoms with E-state index in [1.165, 1.54) is 11.3 Å². The Labute approximate surface area is 117 Å². The van der Waals surface area contributed by atoms with Crippen molar-refractivity contribution in [2.24, 2.45) is 5.92 Å². The Kier molecular flexibility index (Phi) is 6.05. The molecular weight excluding hydrogens is 270 g/mol. The highest BCUT2D eigenvalue weighted by atomic mass is 35.5. The highest BCUT2D eigenvalue weighted by Crippen LogP contribution is 2.18. The predicted octanol–water partition coefficient (Wildman–Crippen LogP) is 2.39. The summed E-state index contributed by atoms with van der Waals surface area (Å²) in [6.45, 7) is 4.80. The van der Waals surface area contributed by atoms with Crippen molar-refractivity contribution in [3.63, 3.8) is 0 Å². The summed E-state index contributed by atoms with van der Waals surface area (Å²) in [4.78, 5) is 17.8. The van der Waals surface area contributed by atoms with Crippen molar-refractivity contribution in [1.82, 2.24) is 15.2 Å². The van der Waals surface area contributed by atoms with Crippen LogP contribution in [0.3, 0.4) is 0 Å². The first kappa shape index (κ1) is 15.4. The van der Waals surface area contributed by atoms with Gasteiger partial charge in [0.25, 0.3) is 0 Å². The third kappa shape index (κ3) is 4.92. The zero-order chi connectivity index (χ0) is 13.7. The first-order valence-corrected chi connectivity index (χ1v) is 7.14. The number of nitrogens with zero attached hydrogens (tertiary/aromatic N) is 2. The highest BCUT2D eigenvalue weighted by Gasteiger charge is 2.21. The topological polar surface area (TPSA) is 45.2 Å². The van der Waals surface area contributed by atoms with Crippen LogP contribution in [0.15, 0.2) is 6.20 Å².